The fourth-order valence-corrected chi connectivity index (χ4v) is 5.10. The van der Waals surface area contributed by atoms with Gasteiger partial charge in [0.2, 0.25) is 0 Å². The molecule has 0 saturated carbocycles. The maximum Gasteiger partial charge on any atom is 0.321 e. The number of benzene rings is 3. The Balaban J connectivity index is 1.34. The second-order valence-corrected chi connectivity index (χ2v) is 9.78. The van der Waals surface area contributed by atoms with Crippen LogP contribution in [0, 0.1) is 6.92 Å². The molecule has 1 N–H and O–H groups in total. The SMILES string of the molecule is Cc1nn(-c2ccccc2)c2nc(Cc3ccccc3)nc(N3CCCN(C(=O)Nc4ccccc4)CC3)c12. The quantitative estimate of drug-likeness (QED) is 0.335. The van der Waals surface area contributed by atoms with Gasteiger partial charge in [0.05, 0.1) is 16.8 Å². The number of urea groups is 1. The first kappa shape index (κ1) is 24.6. The molecule has 196 valence electrons. The fraction of sp³-hybridized carbons (Fsp3) is 0.226. The lowest BCUT2D eigenvalue weighted by Crippen LogP contribution is -2.38. The number of fused-ring (bicyclic) bond motifs is 1. The topological polar surface area (TPSA) is 79.2 Å². The highest BCUT2D eigenvalue weighted by Crippen LogP contribution is 2.30. The van der Waals surface area contributed by atoms with Gasteiger partial charge in [0.15, 0.2) is 5.65 Å². The van der Waals surface area contributed by atoms with Crippen LogP contribution >= 0.6 is 0 Å². The Bertz CT molecular complexity index is 1570. The second kappa shape index (κ2) is 10.9. The Morgan fingerprint density at radius 1 is 0.821 bits per heavy atom. The van der Waals surface area contributed by atoms with Crippen molar-refractivity contribution < 1.29 is 4.79 Å². The molecule has 1 aliphatic heterocycles. The molecule has 6 rings (SSSR count). The van der Waals surface area contributed by atoms with Gasteiger partial charge in [-0.25, -0.2) is 19.4 Å². The third-order valence-corrected chi connectivity index (χ3v) is 7.04. The van der Waals surface area contributed by atoms with E-state index in [2.05, 4.69) is 22.3 Å². The molecule has 2 aromatic heterocycles. The summed E-state index contributed by atoms with van der Waals surface area (Å²) in [5, 5.41) is 8.87. The lowest BCUT2D eigenvalue weighted by molar-refractivity contribution is 0.215. The van der Waals surface area contributed by atoms with Crippen LogP contribution < -0.4 is 10.2 Å². The average Bonchev–Trinajstić information content (AvgIpc) is 3.13. The highest BCUT2D eigenvalue weighted by atomic mass is 16.2. The first-order valence-electron chi connectivity index (χ1n) is 13.4. The third kappa shape index (κ3) is 5.31. The van der Waals surface area contributed by atoms with Crippen molar-refractivity contribution in [1.29, 1.82) is 0 Å². The summed E-state index contributed by atoms with van der Waals surface area (Å²) in [5.74, 6) is 1.64. The van der Waals surface area contributed by atoms with Crippen LogP contribution in [0.25, 0.3) is 16.7 Å². The summed E-state index contributed by atoms with van der Waals surface area (Å²) in [6, 6.07) is 29.9. The van der Waals surface area contributed by atoms with E-state index < -0.39 is 0 Å². The number of aromatic nitrogens is 4. The minimum absolute atomic E-state index is 0.0753. The van der Waals surface area contributed by atoms with Crippen LogP contribution in [0.2, 0.25) is 0 Å². The van der Waals surface area contributed by atoms with E-state index in [1.54, 1.807) is 0 Å². The Labute approximate surface area is 227 Å². The fourth-order valence-electron chi connectivity index (χ4n) is 5.10. The van der Waals surface area contributed by atoms with Gasteiger partial charge >= 0.3 is 6.03 Å². The van der Waals surface area contributed by atoms with Gasteiger partial charge in [-0.15, -0.1) is 0 Å². The molecule has 3 aromatic carbocycles. The van der Waals surface area contributed by atoms with Crippen molar-refractivity contribution in [2.24, 2.45) is 0 Å². The average molecular weight is 518 g/mol. The molecule has 5 aromatic rings. The molecule has 39 heavy (non-hydrogen) atoms. The molecular weight excluding hydrogens is 486 g/mol. The summed E-state index contributed by atoms with van der Waals surface area (Å²) in [4.78, 5) is 27.3. The highest BCUT2D eigenvalue weighted by molar-refractivity contribution is 5.91. The Hall–Kier alpha value is -4.72. The number of hydrogen-bond donors (Lipinski definition) is 1. The number of aryl methyl sites for hydroxylation is 1. The molecule has 0 spiro atoms. The molecule has 1 fully saturated rings. The molecule has 3 heterocycles. The molecule has 0 atom stereocenters. The van der Waals surface area contributed by atoms with Gasteiger partial charge in [-0.1, -0.05) is 66.7 Å². The van der Waals surface area contributed by atoms with Gasteiger partial charge in [0.1, 0.15) is 11.6 Å². The minimum atomic E-state index is -0.0753. The smallest absolute Gasteiger partial charge is 0.321 e. The van der Waals surface area contributed by atoms with Crippen LogP contribution in [0.5, 0.6) is 0 Å². The van der Waals surface area contributed by atoms with Crippen LogP contribution in [0.4, 0.5) is 16.3 Å². The molecule has 2 amide bonds. The lowest BCUT2D eigenvalue weighted by Gasteiger charge is -2.24. The normalized spacial score (nSPS) is 13.9. The molecule has 0 radical (unpaired) electrons. The van der Waals surface area contributed by atoms with Crippen molar-refractivity contribution in [1.82, 2.24) is 24.6 Å². The number of carbonyl (C=O) groups excluding carboxylic acids is 1. The van der Waals surface area contributed by atoms with E-state index in [-0.39, 0.29) is 6.03 Å². The van der Waals surface area contributed by atoms with Crippen LogP contribution in [0.1, 0.15) is 23.5 Å². The molecular formula is C31H31N7O. The summed E-state index contributed by atoms with van der Waals surface area (Å²) in [6.07, 6.45) is 1.47. The van der Waals surface area contributed by atoms with Gasteiger partial charge in [0, 0.05) is 38.3 Å². The largest absolute Gasteiger partial charge is 0.354 e. The standard InChI is InChI=1S/C31H31N7O/c1-23-28-29(36-18-11-19-37(21-20-36)31(39)32-25-14-7-3-8-15-25)33-27(22-24-12-5-2-6-13-24)34-30(28)38(35-23)26-16-9-4-10-17-26/h2-10,12-17H,11,18-22H2,1H3,(H,32,39). The third-order valence-electron chi connectivity index (χ3n) is 7.04. The molecule has 8 nitrogen and oxygen atoms in total. The molecule has 0 bridgehead atoms. The Morgan fingerprint density at radius 2 is 1.51 bits per heavy atom. The van der Waals surface area contributed by atoms with Crippen molar-refractivity contribution in [3.05, 3.63) is 108 Å². The molecule has 8 heteroatoms. The Kier molecular flexibility index (Phi) is 6.91. The number of amides is 2. The van der Waals surface area contributed by atoms with Gasteiger partial charge in [-0.05, 0) is 43.2 Å². The van der Waals surface area contributed by atoms with Crippen LogP contribution in [-0.2, 0) is 6.42 Å². The summed E-state index contributed by atoms with van der Waals surface area (Å²) < 4.78 is 1.92. The minimum Gasteiger partial charge on any atom is -0.354 e. The van der Waals surface area contributed by atoms with E-state index >= 15 is 0 Å². The number of rotatable bonds is 5. The van der Waals surface area contributed by atoms with Gasteiger partial charge in [-0.3, -0.25) is 0 Å². The number of hydrogen-bond acceptors (Lipinski definition) is 5. The molecule has 0 aliphatic carbocycles. The molecule has 0 unspecified atom stereocenters. The number of carbonyl (C=O) groups is 1. The first-order valence-corrected chi connectivity index (χ1v) is 13.4. The van der Waals surface area contributed by atoms with Crippen molar-refractivity contribution >= 4 is 28.6 Å². The van der Waals surface area contributed by atoms with Crippen LogP contribution in [0.15, 0.2) is 91.0 Å². The number of anilines is 2. The maximum atomic E-state index is 13.0. The zero-order chi connectivity index (χ0) is 26.6. The summed E-state index contributed by atoms with van der Waals surface area (Å²) in [6.45, 7) is 4.77. The first-order chi connectivity index (χ1) is 19.2. The van der Waals surface area contributed by atoms with E-state index in [4.69, 9.17) is 15.1 Å². The van der Waals surface area contributed by atoms with E-state index in [1.807, 2.05) is 95.4 Å². The maximum absolute atomic E-state index is 13.0. The van der Waals surface area contributed by atoms with E-state index in [1.165, 1.54) is 0 Å². The number of nitrogens with zero attached hydrogens (tertiary/aromatic N) is 6. The monoisotopic (exact) mass is 517 g/mol. The van der Waals surface area contributed by atoms with Crippen molar-refractivity contribution in [3.8, 4) is 5.69 Å². The number of para-hydroxylation sites is 2. The number of nitrogens with one attached hydrogen (secondary N) is 1. The lowest BCUT2D eigenvalue weighted by atomic mass is 10.1. The second-order valence-electron chi connectivity index (χ2n) is 9.78. The molecule has 1 saturated heterocycles. The zero-order valence-electron chi connectivity index (χ0n) is 22.0. The summed E-state index contributed by atoms with van der Waals surface area (Å²) in [5.41, 5.74) is 4.61. The van der Waals surface area contributed by atoms with Gasteiger partial charge < -0.3 is 15.1 Å². The van der Waals surface area contributed by atoms with E-state index in [9.17, 15) is 4.79 Å². The predicted molar refractivity (Wildman–Crippen MR) is 155 cm³/mol. The zero-order valence-corrected chi connectivity index (χ0v) is 22.0. The van der Waals surface area contributed by atoms with Crippen LogP contribution in [0.3, 0.4) is 0 Å². The summed E-state index contributed by atoms with van der Waals surface area (Å²) in [7, 11) is 0. The van der Waals surface area contributed by atoms with Crippen LogP contribution in [-0.4, -0.2) is 56.9 Å². The predicted octanol–water partition coefficient (Wildman–Crippen LogP) is 5.46. The highest BCUT2D eigenvalue weighted by Gasteiger charge is 2.25. The van der Waals surface area contributed by atoms with Crippen molar-refractivity contribution in [2.45, 2.75) is 19.8 Å². The summed E-state index contributed by atoms with van der Waals surface area (Å²) >= 11 is 0. The van der Waals surface area contributed by atoms with Crippen molar-refractivity contribution in [2.75, 3.05) is 36.4 Å². The van der Waals surface area contributed by atoms with E-state index in [0.29, 0.717) is 26.1 Å². The molecule has 1 aliphatic rings. The van der Waals surface area contributed by atoms with E-state index in [0.717, 1.165) is 58.3 Å². The van der Waals surface area contributed by atoms with Crippen molar-refractivity contribution in [3.63, 3.8) is 0 Å². The Morgan fingerprint density at radius 3 is 2.26 bits per heavy atom. The van der Waals surface area contributed by atoms with Gasteiger partial charge in [0.25, 0.3) is 0 Å². The van der Waals surface area contributed by atoms with Gasteiger partial charge in [-0.2, -0.15) is 5.10 Å².